The summed E-state index contributed by atoms with van der Waals surface area (Å²) in [4.78, 5) is 0. The van der Waals surface area contributed by atoms with E-state index in [0.29, 0.717) is 6.61 Å². The van der Waals surface area contributed by atoms with Crippen LogP contribution in [-0.2, 0) is 11.3 Å². The minimum absolute atomic E-state index is 0.184. The molecule has 1 saturated carbocycles. The van der Waals surface area contributed by atoms with Gasteiger partial charge in [0, 0.05) is 6.61 Å². The third-order valence-corrected chi connectivity index (χ3v) is 3.26. The average molecular weight is 222 g/mol. The van der Waals surface area contributed by atoms with Crippen molar-refractivity contribution in [2.45, 2.75) is 38.7 Å². The van der Waals surface area contributed by atoms with Crippen molar-refractivity contribution in [3.05, 3.63) is 35.6 Å². The van der Waals surface area contributed by atoms with Gasteiger partial charge in [-0.2, -0.15) is 0 Å². The predicted octanol–water partition coefficient (Wildman–Crippen LogP) is 3.92. The van der Waals surface area contributed by atoms with Crippen molar-refractivity contribution >= 4 is 0 Å². The Kier molecular flexibility index (Phi) is 4.34. The molecule has 1 aromatic carbocycles. The minimum atomic E-state index is -0.184. The number of hydrogen-bond donors (Lipinski definition) is 0. The Balaban J connectivity index is 1.69. The van der Waals surface area contributed by atoms with E-state index in [9.17, 15) is 4.39 Å². The van der Waals surface area contributed by atoms with Crippen LogP contribution >= 0.6 is 0 Å². The maximum Gasteiger partial charge on any atom is 0.123 e. The number of hydrogen-bond acceptors (Lipinski definition) is 1. The zero-order valence-corrected chi connectivity index (χ0v) is 9.62. The molecule has 1 aromatic rings. The maximum absolute atomic E-state index is 12.7. The number of ether oxygens (including phenoxy) is 1. The van der Waals surface area contributed by atoms with Crippen molar-refractivity contribution in [3.8, 4) is 0 Å². The molecule has 0 amide bonds. The molecule has 88 valence electrons. The van der Waals surface area contributed by atoms with Crippen molar-refractivity contribution in [1.29, 1.82) is 0 Å². The summed E-state index contributed by atoms with van der Waals surface area (Å²) in [6, 6.07) is 6.55. The van der Waals surface area contributed by atoms with Crippen LogP contribution in [0.2, 0.25) is 0 Å². The van der Waals surface area contributed by atoms with Crippen LogP contribution in [0.3, 0.4) is 0 Å². The maximum atomic E-state index is 12.7. The van der Waals surface area contributed by atoms with Crippen LogP contribution in [0.1, 0.15) is 37.7 Å². The lowest BCUT2D eigenvalue weighted by Crippen LogP contribution is -2.13. The molecule has 2 heteroatoms. The molecule has 16 heavy (non-hydrogen) atoms. The zero-order valence-electron chi connectivity index (χ0n) is 9.62. The van der Waals surface area contributed by atoms with Crippen LogP contribution in [0, 0.1) is 11.7 Å². The Bertz CT molecular complexity index is 301. The highest BCUT2D eigenvalue weighted by molar-refractivity contribution is 5.14. The largest absolute Gasteiger partial charge is 0.376 e. The summed E-state index contributed by atoms with van der Waals surface area (Å²) < 4.78 is 18.3. The standard InChI is InChI=1S/C14H19FO/c15-14-8-6-13(7-9-14)11-16-10-12-4-2-1-3-5-12/h6-9,12H,1-5,10-11H2. The number of halogens is 1. The molecule has 1 nitrogen and oxygen atoms in total. The van der Waals surface area contributed by atoms with Gasteiger partial charge in [0.25, 0.3) is 0 Å². The molecule has 1 aliphatic rings. The van der Waals surface area contributed by atoms with E-state index in [2.05, 4.69) is 0 Å². The lowest BCUT2D eigenvalue weighted by molar-refractivity contribution is 0.0739. The first-order chi connectivity index (χ1) is 7.84. The molecule has 0 aromatic heterocycles. The van der Waals surface area contributed by atoms with E-state index >= 15 is 0 Å². The molecule has 0 bridgehead atoms. The Labute approximate surface area is 96.6 Å². The summed E-state index contributed by atoms with van der Waals surface area (Å²) in [5.74, 6) is 0.560. The number of benzene rings is 1. The summed E-state index contributed by atoms with van der Waals surface area (Å²) >= 11 is 0. The Morgan fingerprint density at radius 2 is 1.75 bits per heavy atom. The second-order valence-electron chi connectivity index (χ2n) is 4.65. The highest BCUT2D eigenvalue weighted by Crippen LogP contribution is 2.23. The lowest BCUT2D eigenvalue weighted by Gasteiger charge is -2.21. The van der Waals surface area contributed by atoms with Crippen LogP contribution in [0.5, 0.6) is 0 Å². The van der Waals surface area contributed by atoms with E-state index in [1.54, 1.807) is 12.1 Å². The van der Waals surface area contributed by atoms with Gasteiger partial charge in [0.1, 0.15) is 5.82 Å². The minimum Gasteiger partial charge on any atom is -0.376 e. The molecule has 0 unspecified atom stereocenters. The second-order valence-corrected chi connectivity index (χ2v) is 4.65. The molecule has 0 N–H and O–H groups in total. The molecular formula is C14H19FO. The SMILES string of the molecule is Fc1ccc(COCC2CCCCC2)cc1. The lowest BCUT2D eigenvalue weighted by atomic mass is 9.90. The third-order valence-electron chi connectivity index (χ3n) is 3.26. The van der Waals surface area contributed by atoms with Gasteiger partial charge in [-0.25, -0.2) is 4.39 Å². The molecule has 0 radical (unpaired) electrons. The molecule has 1 aliphatic carbocycles. The molecule has 2 rings (SSSR count). The van der Waals surface area contributed by atoms with E-state index < -0.39 is 0 Å². The normalized spacial score (nSPS) is 17.6. The van der Waals surface area contributed by atoms with Gasteiger partial charge in [-0.3, -0.25) is 0 Å². The number of rotatable bonds is 4. The van der Waals surface area contributed by atoms with Gasteiger partial charge in [-0.05, 0) is 36.5 Å². The van der Waals surface area contributed by atoms with Gasteiger partial charge >= 0.3 is 0 Å². The summed E-state index contributed by atoms with van der Waals surface area (Å²) in [5.41, 5.74) is 1.05. The molecule has 0 saturated heterocycles. The highest BCUT2D eigenvalue weighted by Gasteiger charge is 2.13. The van der Waals surface area contributed by atoms with Gasteiger partial charge in [0.2, 0.25) is 0 Å². The topological polar surface area (TPSA) is 9.23 Å². The average Bonchev–Trinajstić information content (AvgIpc) is 2.33. The van der Waals surface area contributed by atoms with Gasteiger partial charge in [0.15, 0.2) is 0 Å². The summed E-state index contributed by atoms with van der Waals surface area (Å²) in [5, 5.41) is 0. The Morgan fingerprint density at radius 1 is 1.06 bits per heavy atom. The van der Waals surface area contributed by atoms with Gasteiger partial charge in [0.05, 0.1) is 6.61 Å². The van der Waals surface area contributed by atoms with Gasteiger partial charge in [-0.15, -0.1) is 0 Å². The zero-order chi connectivity index (χ0) is 11.2. The van der Waals surface area contributed by atoms with E-state index in [4.69, 9.17) is 4.74 Å². The van der Waals surface area contributed by atoms with E-state index in [-0.39, 0.29) is 5.82 Å². The summed E-state index contributed by atoms with van der Waals surface area (Å²) in [7, 11) is 0. The van der Waals surface area contributed by atoms with Crippen LogP contribution in [0.15, 0.2) is 24.3 Å². The fourth-order valence-corrected chi connectivity index (χ4v) is 2.28. The van der Waals surface area contributed by atoms with Crippen molar-refractivity contribution in [1.82, 2.24) is 0 Å². The Hall–Kier alpha value is -0.890. The van der Waals surface area contributed by atoms with E-state index in [0.717, 1.165) is 18.1 Å². The highest BCUT2D eigenvalue weighted by atomic mass is 19.1. The van der Waals surface area contributed by atoms with Crippen LogP contribution in [-0.4, -0.2) is 6.61 Å². The first kappa shape index (κ1) is 11.6. The first-order valence-corrected chi connectivity index (χ1v) is 6.17. The van der Waals surface area contributed by atoms with E-state index in [1.807, 2.05) is 0 Å². The van der Waals surface area contributed by atoms with E-state index in [1.165, 1.54) is 44.2 Å². The molecular weight excluding hydrogens is 203 g/mol. The van der Waals surface area contributed by atoms with Crippen molar-refractivity contribution in [2.24, 2.45) is 5.92 Å². The smallest absolute Gasteiger partial charge is 0.123 e. The quantitative estimate of drug-likeness (QED) is 0.750. The fraction of sp³-hybridized carbons (Fsp3) is 0.571. The molecule has 1 fully saturated rings. The monoisotopic (exact) mass is 222 g/mol. The van der Waals surface area contributed by atoms with Crippen LogP contribution < -0.4 is 0 Å². The van der Waals surface area contributed by atoms with Gasteiger partial charge in [-0.1, -0.05) is 31.4 Å². The summed E-state index contributed by atoms with van der Waals surface area (Å²) in [6.07, 6.45) is 6.70. The third kappa shape index (κ3) is 3.60. The first-order valence-electron chi connectivity index (χ1n) is 6.17. The van der Waals surface area contributed by atoms with Crippen molar-refractivity contribution < 1.29 is 9.13 Å². The predicted molar refractivity (Wildman–Crippen MR) is 62.6 cm³/mol. The molecule has 0 atom stereocenters. The summed E-state index contributed by atoms with van der Waals surface area (Å²) in [6.45, 7) is 1.47. The molecule has 0 heterocycles. The van der Waals surface area contributed by atoms with Crippen LogP contribution in [0.4, 0.5) is 4.39 Å². The molecule has 0 spiro atoms. The van der Waals surface area contributed by atoms with Crippen LogP contribution in [0.25, 0.3) is 0 Å². The second kappa shape index (κ2) is 6.00. The van der Waals surface area contributed by atoms with Crippen molar-refractivity contribution in [3.63, 3.8) is 0 Å². The Morgan fingerprint density at radius 3 is 2.44 bits per heavy atom. The fourth-order valence-electron chi connectivity index (χ4n) is 2.28. The van der Waals surface area contributed by atoms with Gasteiger partial charge < -0.3 is 4.74 Å². The van der Waals surface area contributed by atoms with Crippen molar-refractivity contribution in [2.75, 3.05) is 6.61 Å². The molecule has 0 aliphatic heterocycles.